The molecule has 7 heteroatoms. The molecule has 1 aliphatic heterocycles. The van der Waals surface area contributed by atoms with E-state index in [1.807, 2.05) is 11.8 Å². The number of hydrazine groups is 1. The SMILES string of the molecule is NNC(Cc1ccc(OC(F)(F)F)cc1)C1CCCS1. The minimum absolute atomic E-state index is 0.136. The van der Waals surface area contributed by atoms with E-state index in [2.05, 4.69) is 10.2 Å². The van der Waals surface area contributed by atoms with E-state index >= 15 is 0 Å². The van der Waals surface area contributed by atoms with E-state index in [1.165, 1.54) is 18.6 Å². The third-order valence-electron chi connectivity index (χ3n) is 3.24. The lowest BCUT2D eigenvalue weighted by Gasteiger charge is -2.22. The predicted molar refractivity (Wildman–Crippen MR) is 73.4 cm³/mol. The Labute approximate surface area is 120 Å². The maximum Gasteiger partial charge on any atom is 0.573 e. The van der Waals surface area contributed by atoms with Gasteiger partial charge in [0.1, 0.15) is 5.75 Å². The average Bonchev–Trinajstić information content (AvgIpc) is 2.90. The van der Waals surface area contributed by atoms with Gasteiger partial charge in [0.05, 0.1) is 0 Å². The number of benzene rings is 1. The molecule has 0 spiro atoms. The number of nitrogens with one attached hydrogen (secondary N) is 1. The maximum atomic E-state index is 12.1. The molecule has 2 rings (SSSR count). The highest BCUT2D eigenvalue weighted by Crippen LogP contribution is 2.30. The second-order valence-electron chi connectivity index (χ2n) is 4.72. The molecule has 0 saturated carbocycles. The Balaban J connectivity index is 1.95. The predicted octanol–water partition coefficient (Wildman–Crippen LogP) is 2.86. The molecule has 1 aliphatic rings. The Morgan fingerprint density at radius 3 is 2.55 bits per heavy atom. The van der Waals surface area contributed by atoms with E-state index in [1.54, 1.807) is 12.1 Å². The molecule has 3 N–H and O–H groups in total. The van der Waals surface area contributed by atoms with E-state index in [0.717, 1.165) is 17.7 Å². The van der Waals surface area contributed by atoms with Crippen LogP contribution < -0.4 is 16.0 Å². The zero-order valence-electron chi connectivity index (χ0n) is 10.8. The van der Waals surface area contributed by atoms with Crippen LogP contribution in [-0.4, -0.2) is 23.4 Å². The van der Waals surface area contributed by atoms with Crippen molar-refractivity contribution in [3.63, 3.8) is 0 Å². The largest absolute Gasteiger partial charge is 0.573 e. The van der Waals surface area contributed by atoms with Gasteiger partial charge in [0.15, 0.2) is 0 Å². The minimum atomic E-state index is -4.65. The smallest absolute Gasteiger partial charge is 0.406 e. The lowest BCUT2D eigenvalue weighted by atomic mass is 10.0. The molecule has 1 saturated heterocycles. The number of nitrogens with two attached hydrogens (primary N) is 1. The summed E-state index contributed by atoms with van der Waals surface area (Å²) in [6.07, 6.45) is -1.65. The van der Waals surface area contributed by atoms with Crippen molar-refractivity contribution in [1.82, 2.24) is 5.43 Å². The van der Waals surface area contributed by atoms with Gasteiger partial charge in [-0.2, -0.15) is 11.8 Å². The summed E-state index contributed by atoms with van der Waals surface area (Å²) in [6.45, 7) is 0. The molecule has 1 aromatic rings. The molecule has 1 heterocycles. The molecule has 0 bridgehead atoms. The van der Waals surface area contributed by atoms with Gasteiger partial charge in [-0.05, 0) is 42.7 Å². The quantitative estimate of drug-likeness (QED) is 0.649. The molecule has 0 aromatic heterocycles. The van der Waals surface area contributed by atoms with Gasteiger partial charge in [-0.3, -0.25) is 11.3 Å². The third kappa shape index (κ3) is 4.57. The van der Waals surface area contributed by atoms with Crippen molar-refractivity contribution in [3.8, 4) is 5.75 Å². The number of hydrogen-bond donors (Lipinski definition) is 2. The average molecular weight is 306 g/mol. The molecular formula is C13H17F3N2OS. The second kappa shape index (κ2) is 6.69. The highest BCUT2D eigenvalue weighted by Gasteiger charge is 2.31. The van der Waals surface area contributed by atoms with E-state index in [4.69, 9.17) is 5.84 Å². The van der Waals surface area contributed by atoms with Crippen LogP contribution in [0.15, 0.2) is 24.3 Å². The normalized spacial score (nSPS) is 20.9. The fraction of sp³-hybridized carbons (Fsp3) is 0.538. The number of rotatable bonds is 5. The lowest BCUT2D eigenvalue weighted by Crippen LogP contribution is -2.43. The molecule has 1 aromatic carbocycles. The van der Waals surface area contributed by atoms with Crippen molar-refractivity contribution in [2.24, 2.45) is 5.84 Å². The van der Waals surface area contributed by atoms with Crippen LogP contribution in [0.25, 0.3) is 0 Å². The molecule has 0 aliphatic carbocycles. The van der Waals surface area contributed by atoms with E-state index in [-0.39, 0.29) is 11.8 Å². The maximum absolute atomic E-state index is 12.1. The molecule has 0 amide bonds. The van der Waals surface area contributed by atoms with Gasteiger partial charge >= 0.3 is 6.36 Å². The topological polar surface area (TPSA) is 47.3 Å². The molecule has 1 fully saturated rings. The van der Waals surface area contributed by atoms with E-state index in [9.17, 15) is 13.2 Å². The number of halogens is 3. The molecule has 112 valence electrons. The summed E-state index contributed by atoms with van der Waals surface area (Å²) in [5, 5.41) is 0.464. The summed E-state index contributed by atoms with van der Waals surface area (Å²) < 4.78 is 40.0. The van der Waals surface area contributed by atoms with E-state index in [0.29, 0.717) is 11.7 Å². The zero-order chi connectivity index (χ0) is 14.6. The second-order valence-corrected chi connectivity index (χ2v) is 6.07. The van der Waals surface area contributed by atoms with Crippen molar-refractivity contribution in [1.29, 1.82) is 0 Å². The highest BCUT2D eigenvalue weighted by atomic mass is 32.2. The van der Waals surface area contributed by atoms with Crippen molar-refractivity contribution in [3.05, 3.63) is 29.8 Å². The fourth-order valence-electron chi connectivity index (χ4n) is 2.30. The summed E-state index contributed by atoms with van der Waals surface area (Å²) in [4.78, 5) is 0. The van der Waals surface area contributed by atoms with Gasteiger partial charge in [0.25, 0.3) is 0 Å². The highest BCUT2D eigenvalue weighted by molar-refractivity contribution is 8.00. The summed E-state index contributed by atoms with van der Waals surface area (Å²) in [5.41, 5.74) is 3.75. The van der Waals surface area contributed by atoms with Crippen molar-refractivity contribution in [2.45, 2.75) is 36.9 Å². The van der Waals surface area contributed by atoms with Gasteiger partial charge in [-0.15, -0.1) is 13.2 Å². The van der Waals surface area contributed by atoms with Crippen LogP contribution in [0.4, 0.5) is 13.2 Å². The summed E-state index contributed by atoms with van der Waals surface area (Å²) >= 11 is 1.89. The first-order valence-corrected chi connectivity index (χ1v) is 7.45. The summed E-state index contributed by atoms with van der Waals surface area (Å²) in [7, 11) is 0. The van der Waals surface area contributed by atoms with Gasteiger partial charge in [-0.25, -0.2) is 0 Å². The molecule has 3 nitrogen and oxygen atoms in total. The van der Waals surface area contributed by atoms with Crippen LogP contribution in [-0.2, 0) is 6.42 Å². The van der Waals surface area contributed by atoms with Crippen LogP contribution >= 0.6 is 11.8 Å². The first-order chi connectivity index (χ1) is 9.48. The summed E-state index contributed by atoms with van der Waals surface area (Å²) in [6, 6.07) is 6.09. The summed E-state index contributed by atoms with van der Waals surface area (Å²) in [5.74, 6) is 6.52. The Kier molecular flexibility index (Phi) is 5.17. The van der Waals surface area contributed by atoms with Crippen LogP contribution in [0, 0.1) is 0 Å². The minimum Gasteiger partial charge on any atom is -0.406 e. The van der Waals surface area contributed by atoms with Crippen molar-refractivity contribution in [2.75, 3.05) is 5.75 Å². The van der Waals surface area contributed by atoms with E-state index < -0.39 is 6.36 Å². The number of hydrogen-bond acceptors (Lipinski definition) is 4. The molecule has 2 atom stereocenters. The fourth-order valence-corrected chi connectivity index (χ4v) is 3.68. The standard InChI is InChI=1S/C13H17F3N2OS/c14-13(15,16)19-10-5-3-9(4-6-10)8-11(18-17)12-2-1-7-20-12/h3-6,11-12,18H,1-2,7-8,17H2. The molecule has 0 radical (unpaired) electrons. The first kappa shape index (κ1) is 15.5. The van der Waals surface area contributed by atoms with Gasteiger partial charge in [-0.1, -0.05) is 12.1 Å². The van der Waals surface area contributed by atoms with Gasteiger partial charge in [0.2, 0.25) is 0 Å². The molecular weight excluding hydrogens is 289 g/mol. The molecule has 20 heavy (non-hydrogen) atoms. The number of alkyl halides is 3. The first-order valence-electron chi connectivity index (χ1n) is 6.40. The Morgan fingerprint density at radius 2 is 2.05 bits per heavy atom. The van der Waals surface area contributed by atoms with Crippen LogP contribution in [0.2, 0.25) is 0 Å². The third-order valence-corrected chi connectivity index (χ3v) is 4.76. The van der Waals surface area contributed by atoms with Crippen LogP contribution in [0.3, 0.4) is 0 Å². The van der Waals surface area contributed by atoms with Gasteiger partial charge in [0, 0.05) is 11.3 Å². The number of ether oxygens (including phenoxy) is 1. The lowest BCUT2D eigenvalue weighted by molar-refractivity contribution is -0.274. The monoisotopic (exact) mass is 306 g/mol. The van der Waals surface area contributed by atoms with Crippen molar-refractivity contribution >= 4 is 11.8 Å². The Hall–Kier alpha value is -0.920. The van der Waals surface area contributed by atoms with Crippen molar-refractivity contribution < 1.29 is 17.9 Å². The van der Waals surface area contributed by atoms with Gasteiger partial charge < -0.3 is 4.74 Å². The Morgan fingerprint density at radius 1 is 1.35 bits per heavy atom. The molecule has 2 unspecified atom stereocenters. The Bertz CT molecular complexity index is 419. The van der Waals surface area contributed by atoms with Crippen LogP contribution in [0.1, 0.15) is 18.4 Å². The number of thioether (sulfide) groups is 1. The van der Waals surface area contributed by atoms with Crippen LogP contribution in [0.5, 0.6) is 5.75 Å². The zero-order valence-corrected chi connectivity index (χ0v) is 11.6.